The molecule has 0 N–H and O–H groups in total. The van der Waals surface area contributed by atoms with Crippen molar-refractivity contribution in [3.05, 3.63) is 35.4 Å². The summed E-state index contributed by atoms with van der Waals surface area (Å²) in [7, 11) is 0. The molecule has 2 rings (SSSR count). The minimum Gasteiger partial charge on any atom is -0.0649 e. The Bertz CT molecular complexity index is 375. The van der Waals surface area contributed by atoms with E-state index in [9.17, 15) is 0 Å². The van der Waals surface area contributed by atoms with Crippen LogP contribution >= 0.6 is 0 Å². The maximum atomic E-state index is 2.41. The largest absolute Gasteiger partial charge is 0.0649 e. The molecule has 0 nitrogen and oxygen atoms in total. The van der Waals surface area contributed by atoms with Crippen molar-refractivity contribution in [1.29, 1.82) is 0 Å². The Morgan fingerprint density at radius 3 is 2.61 bits per heavy atom. The van der Waals surface area contributed by atoms with Crippen LogP contribution in [0.2, 0.25) is 0 Å². The van der Waals surface area contributed by atoms with Crippen molar-refractivity contribution in [1.82, 2.24) is 0 Å². The second kappa shape index (κ2) is 5.91. The summed E-state index contributed by atoms with van der Waals surface area (Å²) < 4.78 is 0. The van der Waals surface area contributed by atoms with Crippen molar-refractivity contribution in [2.45, 2.75) is 65.7 Å². The smallest absolute Gasteiger partial charge is 0.0248 e. The summed E-state index contributed by atoms with van der Waals surface area (Å²) in [6.07, 6.45) is 9.52. The fourth-order valence-corrected chi connectivity index (χ4v) is 3.01. The van der Waals surface area contributed by atoms with Crippen LogP contribution in [0.5, 0.6) is 0 Å². The molecule has 1 aliphatic rings. The first kappa shape index (κ1) is 13.6. The van der Waals surface area contributed by atoms with Gasteiger partial charge in [-0.05, 0) is 61.0 Å². The van der Waals surface area contributed by atoms with Gasteiger partial charge in [0.1, 0.15) is 0 Å². The van der Waals surface area contributed by atoms with E-state index in [2.05, 4.69) is 45.0 Å². The van der Waals surface area contributed by atoms with Gasteiger partial charge in [0, 0.05) is 0 Å². The van der Waals surface area contributed by atoms with Crippen LogP contribution in [0.25, 0.3) is 0 Å². The fraction of sp³-hybridized carbons (Fsp3) is 0.667. The van der Waals surface area contributed by atoms with E-state index in [-0.39, 0.29) is 0 Å². The quantitative estimate of drug-likeness (QED) is 0.622. The van der Waals surface area contributed by atoms with Gasteiger partial charge < -0.3 is 0 Å². The number of aryl methyl sites for hydroxylation is 1. The van der Waals surface area contributed by atoms with E-state index in [1.54, 1.807) is 11.1 Å². The molecule has 1 aromatic carbocycles. The number of fused-ring (bicyclic) bond motifs is 1. The molecular formula is C18H28. The van der Waals surface area contributed by atoms with Gasteiger partial charge in [0.05, 0.1) is 0 Å². The summed E-state index contributed by atoms with van der Waals surface area (Å²) in [5, 5.41) is 0. The first-order chi connectivity index (χ1) is 8.61. The molecule has 0 radical (unpaired) electrons. The molecule has 0 amide bonds. The number of hydrogen-bond acceptors (Lipinski definition) is 0. The van der Waals surface area contributed by atoms with Crippen LogP contribution in [-0.2, 0) is 12.8 Å². The molecule has 0 spiro atoms. The number of rotatable bonds is 4. The van der Waals surface area contributed by atoms with Crippen LogP contribution < -0.4 is 0 Å². The molecule has 1 atom stereocenters. The Hall–Kier alpha value is -0.780. The standard InChI is InChI=1S/C18H28/c1-4-18(2,3)13-12-15-8-7-11-16-9-5-6-10-17(16)14-15/h5-6,9-10,15H,4,7-8,11-14H2,1-3H3. The Morgan fingerprint density at radius 2 is 1.89 bits per heavy atom. The topological polar surface area (TPSA) is 0 Å². The molecule has 0 aliphatic heterocycles. The van der Waals surface area contributed by atoms with E-state index in [1.165, 1.54) is 44.9 Å². The second-order valence-corrected chi connectivity index (χ2v) is 6.79. The first-order valence-electron chi connectivity index (χ1n) is 7.67. The zero-order valence-electron chi connectivity index (χ0n) is 12.3. The fourth-order valence-electron chi connectivity index (χ4n) is 3.01. The van der Waals surface area contributed by atoms with Gasteiger partial charge in [0.2, 0.25) is 0 Å². The third-order valence-corrected chi connectivity index (χ3v) is 4.87. The highest BCUT2D eigenvalue weighted by Gasteiger charge is 2.20. The van der Waals surface area contributed by atoms with E-state index in [4.69, 9.17) is 0 Å². The molecule has 1 aliphatic carbocycles. The lowest BCUT2D eigenvalue weighted by molar-refractivity contribution is 0.276. The maximum Gasteiger partial charge on any atom is -0.0248 e. The van der Waals surface area contributed by atoms with Gasteiger partial charge in [-0.2, -0.15) is 0 Å². The van der Waals surface area contributed by atoms with Crippen molar-refractivity contribution < 1.29 is 0 Å². The van der Waals surface area contributed by atoms with Gasteiger partial charge in [0.25, 0.3) is 0 Å². The van der Waals surface area contributed by atoms with Crippen LogP contribution in [-0.4, -0.2) is 0 Å². The summed E-state index contributed by atoms with van der Waals surface area (Å²) in [6.45, 7) is 7.15. The zero-order valence-corrected chi connectivity index (χ0v) is 12.3. The van der Waals surface area contributed by atoms with Gasteiger partial charge in [-0.15, -0.1) is 0 Å². The van der Waals surface area contributed by atoms with Crippen LogP contribution in [0.1, 0.15) is 64.0 Å². The lowest BCUT2D eigenvalue weighted by Crippen LogP contribution is -2.13. The van der Waals surface area contributed by atoms with E-state index >= 15 is 0 Å². The predicted octanol–water partition coefficient (Wildman–Crippen LogP) is 5.40. The van der Waals surface area contributed by atoms with Gasteiger partial charge >= 0.3 is 0 Å². The average molecular weight is 244 g/mol. The molecule has 0 aromatic heterocycles. The van der Waals surface area contributed by atoms with Crippen molar-refractivity contribution in [2.75, 3.05) is 0 Å². The van der Waals surface area contributed by atoms with Crippen LogP contribution in [0.15, 0.2) is 24.3 Å². The zero-order chi connectivity index (χ0) is 13.0. The minimum absolute atomic E-state index is 0.534. The van der Waals surface area contributed by atoms with Crippen LogP contribution in [0, 0.1) is 11.3 Å². The predicted molar refractivity (Wildman–Crippen MR) is 79.9 cm³/mol. The van der Waals surface area contributed by atoms with Gasteiger partial charge in [0.15, 0.2) is 0 Å². The Balaban J connectivity index is 1.96. The van der Waals surface area contributed by atoms with Crippen molar-refractivity contribution >= 4 is 0 Å². The van der Waals surface area contributed by atoms with Gasteiger partial charge in [-0.3, -0.25) is 0 Å². The van der Waals surface area contributed by atoms with Gasteiger partial charge in [-0.1, -0.05) is 51.5 Å². The lowest BCUT2D eigenvalue weighted by atomic mass is 9.80. The molecule has 0 saturated heterocycles. The molecule has 0 heteroatoms. The molecule has 0 heterocycles. The highest BCUT2D eigenvalue weighted by atomic mass is 14.3. The molecule has 1 unspecified atom stereocenters. The highest BCUT2D eigenvalue weighted by Crippen LogP contribution is 2.33. The van der Waals surface area contributed by atoms with Crippen molar-refractivity contribution in [3.63, 3.8) is 0 Å². The molecule has 0 bridgehead atoms. The third kappa shape index (κ3) is 3.60. The molecular weight excluding hydrogens is 216 g/mol. The SMILES string of the molecule is CCC(C)(C)CCC1CCCc2ccccc2C1. The Kier molecular flexibility index (Phi) is 4.48. The van der Waals surface area contributed by atoms with Crippen LogP contribution in [0.4, 0.5) is 0 Å². The molecule has 100 valence electrons. The first-order valence-corrected chi connectivity index (χ1v) is 7.67. The van der Waals surface area contributed by atoms with Crippen molar-refractivity contribution in [3.8, 4) is 0 Å². The van der Waals surface area contributed by atoms with E-state index in [1.807, 2.05) is 0 Å². The summed E-state index contributed by atoms with van der Waals surface area (Å²) in [5.74, 6) is 0.916. The maximum absolute atomic E-state index is 2.41. The normalized spacial score (nSPS) is 20.3. The Labute approximate surface area is 113 Å². The molecule has 1 aromatic rings. The van der Waals surface area contributed by atoms with Gasteiger partial charge in [-0.25, -0.2) is 0 Å². The van der Waals surface area contributed by atoms with E-state index in [0.29, 0.717) is 5.41 Å². The minimum atomic E-state index is 0.534. The monoisotopic (exact) mass is 244 g/mol. The summed E-state index contributed by atoms with van der Waals surface area (Å²) in [4.78, 5) is 0. The molecule has 0 fully saturated rings. The molecule has 18 heavy (non-hydrogen) atoms. The summed E-state index contributed by atoms with van der Waals surface area (Å²) in [5.41, 5.74) is 3.76. The summed E-state index contributed by atoms with van der Waals surface area (Å²) in [6, 6.07) is 9.07. The molecule has 0 saturated carbocycles. The highest BCUT2D eigenvalue weighted by molar-refractivity contribution is 5.28. The van der Waals surface area contributed by atoms with E-state index < -0.39 is 0 Å². The lowest BCUT2D eigenvalue weighted by Gasteiger charge is -2.25. The average Bonchev–Trinajstić information content (AvgIpc) is 2.58. The Morgan fingerprint density at radius 1 is 1.17 bits per heavy atom. The second-order valence-electron chi connectivity index (χ2n) is 6.79. The van der Waals surface area contributed by atoms with E-state index in [0.717, 1.165) is 5.92 Å². The summed E-state index contributed by atoms with van der Waals surface area (Å²) >= 11 is 0. The number of benzene rings is 1. The van der Waals surface area contributed by atoms with Crippen LogP contribution in [0.3, 0.4) is 0 Å². The van der Waals surface area contributed by atoms with Crippen molar-refractivity contribution in [2.24, 2.45) is 11.3 Å². The number of hydrogen-bond donors (Lipinski definition) is 0. The third-order valence-electron chi connectivity index (χ3n) is 4.87.